The van der Waals surface area contributed by atoms with Gasteiger partial charge in [-0.1, -0.05) is 18.2 Å². The normalized spacial score (nSPS) is 10.3. The Labute approximate surface area is 138 Å². The van der Waals surface area contributed by atoms with Crippen molar-refractivity contribution in [2.24, 2.45) is 0 Å². The molecule has 0 unspecified atom stereocenters. The lowest BCUT2D eigenvalue weighted by atomic mass is 10.2. The Morgan fingerprint density at radius 3 is 2.78 bits per heavy atom. The summed E-state index contributed by atoms with van der Waals surface area (Å²) in [7, 11) is 0. The van der Waals surface area contributed by atoms with Crippen molar-refractivity contribution in [2.45, 2.75) is 6.92 Å². The first-order valence-corrected chi connectivity index (χ1v) is 8.06. The number of hydrogen-bond donors (Lipinski definition) is 1. The molecule has 23 heavy (non-hydrogen) atoms. The predicted molar refractivity (Wildman–Crippen MR) is 90.9 cm³/mol. The van der Waals surface area contributed by atoms with Crippen molar-refractivity contribution in [3.63, 3.8) is 0 Å². The maximum Gasteiger partial charge on any atom is 0.261 e. The third-order valence-electron chi connectivity index (χ3n) is 3.08. The summed E-state index contributed by atoms with van der Waals surface area (Å²) < 4.78 is 5.48. The molecule has 6 heteroatoms. The Morgan fingerprint density at radius 2 is 2.00 bits per heavy atom. The highest BCUT2D eigenvalue weighted by Crippen LogP contribution is 2.25. The number of aromatic nitrogens is 2. The second kappa shape index (κ2) is 7.02. The van der Waals surface area contributed by atoms with Crippen LogP contribution in [0.15, 0.2) is 54.0 Å². The van der Waals surface area contributed by atoms with Gasteiger partial charge in [-0.05, 0) is 31.2 Å². The van der Waals surface area contributed by atoms with E-state index < -0.39 is 0 Å². The maximum absolute atomic E-state index is 12.4. The second-order valence-corrected chi connectivity index (χ2v) is 5.49. The molecule has 0 aliphatic rings. The molecular formula is C17H15N3O2S. The number of benzene rings is 1. The molecule has 1 N–H and O–H groups in total. The first kappa shape index (κ1) is 15.2. The summed E-state index contributed by atoms with van der Waals surface area (Å²) in [5, 5.41) is 5.20. The quantitative estimate of drug-likeness (QED) is 0.774. The molecule has 0 saturated heterocycles. The molecule has 5 nitrogen and oxygen atoms in total. The average molecular weight is 325 g/mol. The SMILES string of the molecule is CCOc1ccccc1C(=O)Nc1nc(-c2ccccn2)cs1. The Bertz CT molecular complexity index is 802. The Hall–Kier alpha value is -2.73. The molecule has 0 radical (unpaired) electrons. The van der Waals surface area contributed by atoms with Gasteiger partial charge in [0.1, 0.15) is 11.4 Å². The number of rotatable bonds is 5. The van der Waals surface area contributed by atoms with Crippen LogP contribution in [0.3, 0.4) is 0 Å². The monoisotopic (exact) mass is 325 g/mol. The molecule has 0 spiro atoms. The van der Waals surface area contributed by atoms with Crippen LogP contribution in [0.5, 0.6) is 5.75 Å². The maximum atomic E-state index is 12.4. The number of pyridine rings is 1. The summed E-state index contributed by atoms with van der Waals surface area (Å²) in [5.74, 6) is 0.324. The Morgan fingerprint density at radius 1 is 1.17 bits per heavy atom. The van der Waals surface area contributed by atoms with Crippen LogP contribution in [0.2, 0.25) is 0 Å². The van der Waals surface area contributed by atoms with Gasteiger partial charge in [0.2, 0.25) is 0 Å². The van der Waals surface area contributed by atoms with Crippen LogP contribution in [0.4, 0.5) is 5.13 Å². The highest BCUT2D eigenvalue weighted by atomic mass is 32.1. The van der Waals surface area contributed by atoms with Crippen LogP contribution < -0.4 is 10.1 Å². The largest absolute Gasteiger partial charge is 0.493 e. The van der Waals surface area contributed by atoms with Crippen LogP contribution >= 0.6 is 11.3 Å². The summed E-state index contributed by atoms with van der Waals surface area (Å²) in [6.07, 6.45) is 1.71. The molecule has 0 aliphatic heterocycles. The number of para-hydroxylation sites is 1. The number of anilines is 1. The third-order valence-corrected chi connectivity index (χ3v) is 3.84. The topological polar surface area (TPSA) is 64.1 Å². The molecule has 3 aromatic rings. The van der Waals surface area contributed by atoms with E-state index in [1.807, 2.05) is 36.6 Å². The van der Waals surface area contributed by atoms with Crippen LogP contribution in [0.1, 0.15) is 17.3 Å². The minimum Gasteiger partial charge on any atom is -0.493 e. The molecule has 116 valence electrons. The minimum absolute atomic E-state index is 0.240. The number of nitrogens with one attached hydrogen (secondary N) is 1. The van der Waals surface area contributed by atoms with E-state index in [-0.39, 0.29) is 5.91 Å². The van der Waals surface area contributed by atoms with Crippen LogP contribution in [0, 0.1) is 0 Å². The van der Waals surface area contributed by atoms with E-state index in [4.69, 9.17) is 4.74 Å². The van der Waals surface area contributed by atoms with Gasteiger partial charge in [0.25, 0.3) is 5.91 Å². The minimum atomic E-state index is -0.240. The molecule has 2 heterocycles. The number of hydrogen-bond acceptors (Lipinski definition) is 5. The van der Waals surface area contributed by atoms with Gasteiger partial charge < -0.3 is 4.74 Å². The lowest BCUT2D eigenvalue weighted by molar-refractivity contribution is 0.102. The number of carbonyl (C=O) groups is 1. The highest BCUT2D eigenvalue weighted by Gasteiger charge is 2.14. The first-order chi connectivity index (χ1) is 11.3. The van der Waals surface area contributed by atoms with Gasteiger partial charge in [-0.25, -0.2) is 4.98 Å². The van der Waals surface area contributed by atoms with E-state index in [1.165, 1.54) is 11.3 Å². The molecule has 0 atom stereocenters. The van der Waals surface area contributed by atoms with Gasteiger partial charge in [-0.2, -0.15) is 0 Å². The van der Waals surface area contributed by atoms with E-state index in [9.17, 15) is 4.79 Å². The summed E-state index contributed by atoms with van der Waals surface area (Å²) >= 11 is 1.36. The van der Waals surface area contributed by atoms with Gasteiger partial charge in [0, 0.05) is 11.6 Å². The van der Waals surface area contributed by atoms with Crippen molar-refractivity contribution in [3.8, 4) is 17.1 Å². The zero-order valence-corrected chi connectivity index (χ0v) is 13.3. The first-order valence-electron chi connectivity index (χ1n) is 7.18. The van der Waals surface area contributed by atoms with Crippen molar-refractivity contribution in [1.82, 2.24) is 9.97 Å². The van der Waals surface area contributed by atoms with Gasteiger partial charge >= 0.3 is 0 Å². The molecule has 3 rings (SSSR count). The molecule has 0 saturated carbocycles. The van der Waals surface area contributed by atoms with Crippen LogP contribution in [-0.4, -0.2) is 22.5 Å². The van der Waals surface area contributed by atoms with Crippen molar-refractivity contribution in [3.05, 3.63) is 59.6 Å². The molecular weight excluding hydrogens is 310 g/mol. The second-order valence-electron chi connectivity index (χ2n) is 4.64. The van der Waals surface area contributed by atoms with Crippen LogP contribution in [0.25, 0.3) is 11.4 Å². The summed E-state index contributed by atoms with van der Waals surface area (Å²) in [4.78, 5) is 21.1. The van der Waals surface area contributed by atoms with E-state index in [1.54, 1.807) is 24.4 Å². The number of amides is 1. The van der Waals surface area contributed by atoms with Crippen molar-refractivity contribution >= 4 is 22.4 Å². The van der Waals surface area contributed by atoms with E-state index in [0.29, 0.717) is 23.1 Å². The number of thiazole rings is 1. The molecule has 1 amide bonds. The fourth-order valence-corrected chi connectivity index (χ4v) is 2.76. The standard InChI is InChI=1S/C17H15N3O2S/c1-2-22-15-9-4-3-7-12(15)16(21)20-17-19-14(11-23-17)13-8-5-6-10-18-13/h3-11H,2H2,1H3,(H,19,20,21). The van der Waals surface area contributed by atoms with Gasteiger partial charge in [0.15, 0.2) is 5.13 Å². The van der Waals surface area contributed by atoms with Crippen molar-refractivity contribution in [1.29, 1.82) is 0 Å². The van der Waals surface area contributed by atoms with E-state index in [2.05, 4.69) is 15.3 Å². The van der Waals surface area contributed by atoms with Gasteiger partial charge in [0.05, 0.1) is 17.9 Å². The summed E-state index contributed by atoms with van der Waals surface area (Å²) in [6, 6.07) is 12.8. The zero-order chi connectivity index (χ0) is 16.1. The van der Waals surface area contributed by atoms with E-state index in [0.717, 1.165) is 11.4 Å². The Balaban J connectivity index is 1.78. The summed E-state index contributed by atoms with van der Waals surface area (Å²) in [5.41, 5.74) is 2.01. The van der Waals surface area contributed by atoms with Crippen LogP contribution in [-0.2, 0) is 0 Å². The number of carbonyl (C=O) groups excluding carboxylic acids is 1. The molecule has 2 aromatic heterocycles. The fourth-order valence-electron chi connectivity index (χ4n) is 2.06. The smallest absolute Gasteiger partial charge is 0.261 e. The third kappa shape index (κ3) is 3.54. The fraction of sp³-hybridized carbons (Fsp3) is 0.118. The number of nitrogens with zero attached hydrogens (tertiary/aromatic N) is 2. The molecule has 0 aliphatic carbocycles. The Kier molecular flexibility index (Phi) is 4.63. The lowest BCUT2D eigenvalue weighted by Crippen LogP contribution is -2.13. The zero-order valence-electron chi connectivity index (χ0n) is 12.5. The van der Waals surface area contributed by atoms with Crippen molar-refractivity contribution < 1.29 is 9.53 Å². The van der Waals surface area contributed by atoms with E-state index >= 15 is 0 Å². The molecule has 0 fully saturated rings. The molecule has 1 aromatic carbocycles. The average Bonchev–Trinajstić information content (AvgIpc) is 3.05. The van der Waals surface area contributed by atoms with Gasteiger partial charge in [-0.3, -0.25) is 15.1 Å². The van der Waals surface area contributed by atoms with Crippen molar-refractivity contribution in [2.75, 3.05) is 11.9 Å². The lowest BCUT2D eigenvalue weighted by Gasteiger charge is -2.08. The predicted octanol–water partition coefficient (Wildman–Crippen LogP) is 3.86. The summed E-state index contributed by atoms with van der Waals surface area (Å²) in [6.45, 7) is 2.39. The number of ether oxygens (including phenoxy) is 1. The molecule has 0 bridgehead atoms. The van der Waals surface area contributed by atoms with Gasteiger partial charge in [-0.15, -0.1) is 11.3 Å². The highest BCUT2D eigenvalue weighted by molar-refractivity contribution is 7.14.